The fourth-order valence-electron chi connectivity index (χ4n) is 3.84. The average Bonchev–Trinajstić information content (AvgIpc) is 3.11. The Bertz CT molecular complexity index is 1130. The molecule has 1 aromatic heterocycles. The van der Waals surface area contributed by atoms with Crippen LogP contribution in [-0.2, 0) is 4.79 Å². The summed E-state index contributed by atoms with van der Waals surface area (Å²) in [4.78, 5) is 21.5. The second kappa shape index (κ2) is 7.22. The first-order valence-corrected chi connectivity index (χ1v) is 9.84. The molecule has 29 heavy (non-hydrogen) atoms. The predicted molar refractivity (Wildman–Crippen MR) is 112 cm³/mol. The van der Waals surface area contributed by atoms with Crippen molar-refractivity contribution in [1.82, 2.24) is 20.1 Å². The highest BCUT2D eigenvalue weighted by molar-refractivity contribution is 6.00. The van der Waals surface area contributed by atoms with E-state index in [1.807, 2.05) is 55.6 Å². The lowest BCUT2D eigenvalue weighted by molar-refractivity contribution is -0.122. The minimum absolute atomic E-state index is 0.0657. The number of allylic oxidation sites excluding steroid dienone is 6. The maximum atomic E-state index is 13.1. The Morgan fingerprint density at radius 1 is 1.10 bits per heavy atom. The van der Waals surface area contributed by atoms with Crippen molar-refractivity contribution in [3.05, 3.63) is 83.7 Å². The van der Waals surface area contributed by atoms with Crippen molar-refractivity contribution in [3.8, 4) is 0 Å². The first kappa shape index (κ1) is 17.7. The van der Waals surface area contributed by atoms with Crippen molar-refractivity contribution in [2.45, 2.75) is 6.92 Å². The molecule has 4 heterocycles. The van der Waals surface area contributed by atoms with Crippen LogP contribution in [0, 0.1) is 6.92 Å². The maximum Gasteiger partial charge on any atom is 0.255 e. The Morgan fingerprint density at radius 2 is 1.93 bits per heavy atom. The number of amides is 1. The number of piperazine rings is 1. The molecular weight excluding hydrogens is 364 g/mol. The third-order valence-electron chi connectivity index (χ3n) is 5.33. The van der Waals surface area contributed by atoms with Crippen LogP contribution in [0.3, 0.4) is 0 Å². The zero-order chi connectivity index (χ0) is 19.8. The van der Waals surface area contributed by atoms with E-state index in [0.29, 0.717) is 5.89 Å². The number of hydrogen-bond acceptors (Lipinski definition) is 5. The Hall–Kier alpha value is -3.38. The summed E-state index contributed by atoms with van der Waals surface area (Å²) < 4.78 is 5.56. The summed E-state index contributed by atoms with van der Waals surface area (Å²) in [6.45, 7) is 5.62. The Morgan fingerprint density at radius 3 is 2.79 bits per heavy atom. The molecule has 0 radical (unpaired) electrons. The van der Waals surface area contributed by atoms with Gasteiger partial charge in [0.2, 0.25) is 0 Å². The highest BCUT2D eigenvalue weighted by atomic mass is 16.3. The maximum absolute atomic E-state index is 13.1. The second-order valence-electron chi connectivity index (χ2n) is 7.30. The van der Waals surface area contributed by atoms with Gasteiger partial charge in [-0.1, -0.05) is 18.2 Å². The summed E-state index contributed by atoms with van der Waals surface area (Å²) in [5, 5.41) is 3.36. The number of nitrogens with zero attached hydrogens (tertiary/aromatic N) is 3. The first-order valence-electron chi connectivity index (χ1n) is 9.84. The van der Waals surface area contributed by atoms with Gasteiger partial charge in [0, 0.05) is 51.1 Å². The fraction of sp³-hybridized carbons (Fsp3) is 0.217. The number of carbonyl (C=O) groups excluding carboxylic acids is 1. The molecule has 2 aromatic rings. The van der Waals surface area contributed by atoms with E-state index in [-0.39, 0.29) is 5.91 Å². The standard InChI is InChI=1S/C23H22N4O2/c1-16-25-21-13-18(5-8-22(21)29-16)17-3-2-4-19-6-7-20(15-27(19)23(28)14-17)26-11-9-24-10-12-26/h2-8,13-15,24H,9-12H2,1H3/b3-2+,17-14+,19-4+. The average molecular weight is 386 g/mol. The van der Waals surface area contributed by atoms with Crippen LogP contribution < -0.4 is 5.32 Å². The summed E-state index contributed by atoms with van der Waals surface area (Å²) in [5.41, 5.74) is 5.26. The second-order valence-corrected chi connectivity index (χ2v) is 7.30. The lowest BCUT2D eigenvalue weighted by atomic mass is 10.0. The summed E-state index contributed by atoms with van der Waals surface area (Å²) in [5.74, 6) is 0.567. The number of fused-ring (bicyclic) bond motifs is 2. The molecule has 5 rings (SSSR count). The minimum Gasteiger partial charge on any atom is -0.441 e. The van der Waals surface area contributed by atoms with Gasteiger partial charge in [-0.3, -0.25) is 9.69 Å². The molecule has 1 amide bonds. The molecule has 0 bridgehead atoms. The molecule has 0 saturated carbocycles. The summed E-state index contributed by atoms with van der Waals surface area (Å²) in [7, 11) is 0. The molecule has 1 fully saturated rings. The Balaban J connectivity index is 1.48. The van der Waals surface area contributed by atoms with E-state index in [0.717, 1.165) is 59.8 Å². The van der Waals surface area contributed by atoms with Crippen LogP contribution in [0.15, 0.2) is 76.7 Å². The molecule has 3 aliphatic rings. The summed E-state index contributed by atoms with van der Waals surface area (Å²) in [6.07, 6.45) is 13.6. The lowest BCUT2D eigenvalue weighted by Gasteiger charge is -2.33. The number of hydrogen-bond donors (Lipinski definition) is 1. The molecule has 6 nitrogen and oxygen atoms in total. The number of benzene rings is 1. The minimum atomic E-state index is -0.0657. The van der Waals surface area contributed by atoms with Crippen molar-refractivity contribution in [1.29, 1.82) is 0 Å². The largest absolute Gasteiger partial charge is 0.441 e. The van der Waals surface area contributed by atoms with Crippen LogP contribution in [-0.4, -0.2) is 46.9 Å². The first-order chi connectivity index (χ1) is 14.2. The molecule has 0 spiro atoms. The van der Waals surface area contributed by atoms with Crippen molar-refractivity contribution >= 4 is 22.6 Å². The molecule has 1 saturated heterocycles. The lowest BCUT2D eigenvalue weighted by Crippen LogP contribution is -2.43. The predicted octanol–water partition coefficient (Wildman–Crippen LogP) is 3.12. The van der Waals surface area contributed by atoms with E-state index in [4.69, 9.17) is 4.42 Å². The van der Waals surface area contributed by atoms with E-state index in [1.54, 1.807) is 11.0 Å². The van der Waals surface area contributed by atoms with Crippen LogP contribution in [0.5, 0.6) is 0 Å². The Kier molecular flexibility index (Phi) is 4.41. The smallest absolute Gasteiger partial charge is 0.255 e. The molecule has 6 heteroatoms. The number of carbonyl (C=O) groups is 1. The third kappa shape index (κ3) is 3.43. The fourth-order valence-corrected chi connectivity index (χ4v) is 3.84. The SMILES string of the molecule is Cc1nc2cc(C3=C\C(=O)N4C=C(N5CCNCC5)C=C\C4=C/C=C/3)ccc2o1. The van der Waals surface area contributed by atoms with Gasteiger partial charge >= 0.3 is 0 Å². The van der Waals surface area contributed by atoms with Gasteiger partial charge in [0.15, 0.2) is 11.5 Å². The quantitative estimate of drug-likeness (QED) is 0.859. The third-order valence-corrected chi connectivity index (χ3v) is 5.33. The number of nitrogens with one attached hydrogen (secondary N) is 1. The van der Waals surface area contributed by atoms with Crippen LogP contribution in [0.1, 0.15) is 11.5 Å². The van der Waals surface area contributed by atoms with Gasteiger partial charge in [-0.15, -0.1) is 0 Å². The van der Waals surface area contributed by atoms with Crippen molar-refractivity contribution in [2.75, 3.05) is 26.2 Å². The van der Waals surface area contributed by atoms with Gasteiger partial charge in [-0.25, -0.2) is 4.98 Å². The zero-order valence-corrected chi connectivity index (χ0v) is 16.3. The highest BCUT2D eigenvalue weighted by Crippen LogP contribution is 2.27. The van der Waals surface area contributed by atoms with E-state index in [1.165, 1.54) is 0 Å². The van der Waals surface area contributed by atoms with Gasteiger partial charge in [0.25, 0.3) is 5.91 Å². The summed E-state index contributed by atoms with van der Waals surface area (Å²) in [6, 6.07) is 5.82. The van der Waals surface area contributed by atoms with Crippen molar-refractivity contribution in [2.24, 2.45) is 0 Å². The van der Waals surface area contributed by atoms with Crippen molar-refractivity contribution in [3.63, 3.8) is 0 Å². The number of aryl methyl sites for hydroxylation is 1. The topological polar surface area (TPSA) is 61.6 Å². The monoisotopic (exact) mass is 386 g/mol. The summed E-state index contributed by atoms with van der Waals surface area (Å²) >= 11 is 0. The van der Waals surface area contributed by atoms with Crippen LogP contribution in [0.25, 0.3) is 16.7 Å². The van der Waals surface area contributed by atoms with E-state index < -0.39 is 0 Å². The zero-order valence-electron chi connectivity index (χ0n) is 16.3. The van der Waals surface area contributed by atoms with E-state index in [9.17, 15) is 4.79 Å². The van der Waals surface area contributed by atoms with Gasteiger partial charge in [-0.05, 0) is 41.5 Å². The number of rotatable bonds is 2. The number of oxazole rings is 1. The van der Waals surface area contributed by atoms with Crippen LogP contribution in [0.2, 0.25) is 0 Å². The molecule has 3 aliphatic heterocycles. The molecular formula is C23H22N4O2. The van der Waals surface area contributed by atoms with Gasteiger partial charge < -0.3 is 14.6 Å². The van der Waals surface area contributed by atoms with Crippen molar-refractivity contribution < 1.29 is 9.21 Å². The molecule has 0 unspecified atom stereocenters. The number of aromatic nitrogens is 1. The van der Waals surface area contributed by atoms with Gasteiger partial charge in [-0.2, -0.15) is 0 Å². The van der Waals surface area contributed by atoms with Crippen LogP contribution in [0.4, 0.5) is 0 Å². The molecule has 146 valence electrons. The molecule has 0 aliphatic carbocycles. The highest BCUT2D eigenvalue weighted by Gasteiger charge is 2.21. The molecule has 1 aromatic carbocycles. The van der Waals surface area contributed by atoms with E-state index in [2.05, 4.69) is 21.3 Å². The van der Waals surface area contributed by atoms with Gasteiger partial charge in [0.05, 0.1) is 5.70 Å². The van der Waals surface area contributed by atoms with Crippen LogP contribution >= 0.6 is 0 Å². The van der Waals surface area contributed by atoms with Gasteiger partial charge in [0.1, 0.15) is 5.52 Å². The van der Waals surface area contributed by atoms with E-state index >= 15 is 0 Å². The normalized spacial score (nSPS) is 24.2. The molecule has 0 atom stereocenters. The molecule has 1 N–H and O–H groups in total. The Labute approximate surface area is 169 Å².